The Bertz CT molecular complexity index is 848. The quantitative estimate of drug-likeness (QED) is 0.559. The van der Waals surface area contributed by atoms with Crippen molar-refractivity contribution in [2.24, 2.45) is 5.10 Å². The van der Waals surface area contributed by atoms with Crippen LogP contribution < -0.4 is 15.5 Å². The van der Waals surface area contributed by atoms with Gasteiger partial charge in [0.2, 0.25) is 5.91 Å². The molecule has 0 fully saturated rings. The van der Waals surface area contributed by atoms with Crippen molar-refractivity contribution in [1.82, 2.24) is 5.43 Å². The Labute approximate surface area is 163 Å². The third kappa shape index (κ3) is 7.11. The molecule has 0 saturated carbocycles. The molecule has 0 saturated heterocycles. The summed E-state index contributed by atoms with van der Waals surface area (Å²) >= 11 is 6.03. The van der Waals surface area contributed by atoms with Gasteiger partial charge in [0, 0.05) is 16.4 Å². The molecule has 2 N–H and O–H groups in total. The van der Waals surface area contributed by atoms with Gasteiger partial charge in [0.1, 0.15) is 5.75 Å². The molecule has 0 aliphatic rings. The van der Waals surface area contributed by atoms with Gasteiger partial charge in [0.15, 0.2) is 6.61 Å². The summed E-state index contributed by atoms with van der Waals surface area (Å²) in [6, 6.07) is 12.7. The molecule has 0 unspecified atom stereocenters. The van der Waals surface area contributed by atoms with E-state index < -0.39 is 5.91 Å². The number of rotatable bonds is 7. The van der Waals surface area contributed by atoms with Crippen LogP contribution in [0.1, 0.15) is 24.5 Å². The van der Waals surface area contributed by atoms with E-state index in [0.717, 1.165) is 11.1 Å². The second-order valence-corrected chi connectivity index (χ2v) is 6.58. The molecule has 0 heterocycles. The molecule has 7 heteroatoms. The number of hydrogen-bond acceptors (Lipinski definition) is 4. The van der Waals surface area contributed by atoms with Crippen molar-refractivity contribution in [3.8, 4) is 5.75 Å². The van der Waals surface area contributed by atoms with E-state index in [2.05, 4.69) is 15.8 Å². The minimum atomic E-state index is -0.402. The number of nitrogens with one attached hydrogen (secondary N) is 2. The average Bonchev–Trinajstić information content (AvgIpc) is 2.62. The Hall–Kier alpha value is -2.86. The summed E-state index contributed by atoms with van der Waals surface area (Å²) in [5, 5.41) is 7.23. The van der Waals surface area contributed by atoms with Crippen LogP contribution in [-0.4, -0.2) is 24.1 Å². The van der Waals surface area contributed by atoms with E-state index in [4.69, 9.17) is 16.3 Å². The molecule has 2 aromatic rings. The molecule has 0 aromatic heterocycles. The van der Waals surface area contributed by atoms with Crippen LogP contribution in [0.3, 0.4) is 0 Å². The van der Waals surface area contributed by atoms with Crippen molar-refractivity contribution in [1.29, 1.82) is 0 Å². The molecule has 2 amide bonds. The lowest BCUT2D eigenvalue weighted by Crippen LogP contribution is -2.26. The molecular formula is C20H22ClN3O3. The second-order valence-electron chi connectivity index (χ2n) is 6.17. The first-order valence-corrected chi connectivity index (χ1v) is 8.79. The van der Waals surface area contributed by atoms with E-state index in [1.54, 1.807) is 31.2 Å². The summed E-state index contributed by atoms with van der Waals surface area (Å²) in [5.74, 6) is -0.0467. The normalized spacial score (nSPS) is 11.0. The van der Waals surface area contributed by atoms with Crippen molar-refractivity contribution >= 4 is 34.8 Å². The van der Waals surface area contributed by atoms with Crippen LogP contribution in [0.4, 0.5) is 5.69 Å². The van der Waals surface area contributed by atoms with E-state index in [9.17, 15) is 9.59 Å². The number of carbonyl (C=O) groups is 2. The molecule has 0 atom stereocenters. The average molecular weight is 388 g/mol. The van der Waals surface area contributed by atoms with E-state index in [-0.39, 0.29) is 18.9 Å². The number of ether oxygens (including phenoxy) is 1. The maximum Gasteiger partial charge on any atom is 0.277 e. The minimum Gasteiger partial charge on any atom is -0.484 e. The number of nitrogens with zero attached hydrogens (tertiary/aromatic N) is 1. The van der Waals surface area contributed by atoms with Crippen molar-refractivity contribution in [2.75, 3.05) is 11.9 Å². The number of aryl methyl sites for hydroxylation is 2. The zero-order chi connectivity index (χ0) is 19.8. The first kappa shape index (κ1) is 20.5. The lowest BCUT2D eigenvalue weighted by Gasteiger charge is -2.07. The van der Waals surface area contributed by atoms with Crippen LogP contribution in [0, 0.1) is 13.8 Å². The maximum atomic E-state index is 12.0. The fraction of sp³-hybridized carbons (Fsp3) is 0.250. The van der Waals surface area contributed by atoms with Gasteiger partial charge in [-0.1, -0.05) is 35.4 Å². The minimum absolute atomic E-state index is 0.0462. The lowest BCUT2D eigenvalue weighted by molar-refractivity contribution is -0.123. The first-order valence-electron chi connectivity index (χ1n) is 8.41. The smallest absolute Gasteiger partial charge is 0.277 e. The Kier molecular flexibility index (Phi) is 7.37. The highest BCUT2D eigenvalue weighted by atomic mass is 35.5. The summed E-state index contributed by atoms with van der Waals surface area (Å²) in [7, 11) is 0. The number of amides is 2. The molecule has 27 heavy (non-hydrogen) atoms. The van der Waals surface area contributed by atoms with Crippen molar-refractivity contribution in [2.45, 2.75) is 27.2 Å². The Morgan fingerprint density at radius 1 is 1.07 bits per heavy atom. The molecule has 0 aliphatic heterocycles. The zero-order valence-corrected chi connectivity index (χ0v) is 16.3. The van der Waals surface area contributed by atoms with Crippen LogP contribution in [-0.2, 0) is 9.59 Å². The van der Waals surface area contributed by atoms with Crippen molar-refractivity contribution in [3.63, 3.8) is 0 Å². The maximum absolute atomic E-state index is 12.0. The van der Waals surface area contributed by atoms with Gasteiger partial charge in [-0.05, 0) is 50.6 Å². The molecule has 2 aromatic carbocycles. The zero-order valence-electron chi connectivity index (χ0n) is 15.5. The number of halogens is 1. The van der Waals surface area contributed by atoms with Crippen LogP contribution in [0.25, 0.3) is 0 Å². The highest BCUT2D eigenvalue weighted by Crippen LogP contribution is 2.20. The van der Waals surface area contributed by atoms with E-state index in [1.165, 1.54) is 0 Å². The van der Waals surface area contributed by atoms with Crippen molar-refractivity contribution < 1.29 is 14.3 Å². The summed E-state index contributed by atoms with van der Waals surface area (Å²) in [4.78, 5) is 23.8. The van der Waals surface area contributed by atoms with Crippen LogP contribution in [0.5, 0.6) is 5.75 Å². The third-order valence-corrected chi connectivity index (χ3v) is 4.04. The summed E-state index contributed by atoms with van der Waals surface area (Å²) < 4.78 is 5.36. The third-order valence-electron chi connectivity index (χ3n) is 3.63. The van der Waals surface area contributed by atoms with Gasteiger partial charge in [-0.3, -0.25) is 9.59 Å². The van der Waals surface area contributed by atoms with Gasteiger partial charge in [0.05, 0.1) is 6.42 Å². The molecule has 142 valence electrons. The number of anilines is 1. The topological polar surface area (TPSA) is 79.8 Å². The molecule has 0 bridgehead atoms. The number of hydrazone groups is 1. The molecular weight excluding hydrogens is 366 g/mol. The molecule has 0 spiro atoms. The summed E-state index contributed by atoms with van der Waals surface area (Å²) in [6.07, 6.45) is 0.0462. The van der Waals surface area contributed by atoms with Crippen molar-refractivity contribution in [3.05, 3.63) is 58.6 Å². The van der Waals surface area contributed by atoms with Gasteiger partial charge in [-0.25, -0.2) is 5.43 Å². The largest absolute Gasteiger partial charge is 0.484 e. The van der Waals surface area contributed by atoms with Crippen LogP contribution in [0.2, 0.25) is 5.02 Å². The molecule has 6 nitrogen and oxygen atoms in total. The number of benzene rings is 2. The van der Waals surface area contributed by atoms with Gasteiger partial charge in [0.25, 0.3) is 5.91 Å². The van der Waals surface area contributed by atoms with Gasteiger partial charge >= 0.3 is 0 Å². The lowest BCUT2D eigenvalue weighted by atomic mass is 10.2. The van der Waals surface area contributed by atoms with Gasteiger partial charge in [-0.15, -0.1) is 0 Å². The highest BCUT2D eigenvalue weighted by Gasteiger charge is 2.07. The monoisotopic (exact) mass is 387 g/mol. The Morgan fingerprint density at radius 2 is 1.78 bits per heavy atom. The van der Waals surface area contributed by atoms with E-state index >= 15 is 0 Å². The fourth-order valence-corrected chi connectivity index (χ4v) is 2.30. The molecule has 0 aliphatic carbocycles. The number of hydrogen-bond donors (Lipinski definition) is 2. The second kappa shape index (κ2) is 9.73. The SMILES string of the molecule is CC(CC(=O)Nc1ccc(C)c(Cl)c1)=NNC(=O)COc1ccc(C)cc1. The fourth-order valence-electron chi connectivity index (χ4n) is 2.12. The molecule has 0 radical (unpaired) electrons. The van der Waals surface area contributed by atoms with E-state index in [0.29, 0.717) is 22.2 Å². The standard InChI is InChI=1S/C20H22ClN3O3/c1-13-4-8-17(9-5-13)27-12-20(26)24-23-15(3)10-19(25)22-16-7-6-14(2)18(21)11-16/h4-9,11H,10,12H2,1-3H3,(H,22,25)(H,24,26). The predicted octanol–water partition coefficient (Wildman–Crippen LogP) is 3.86. The summed E-state index contributed by atoms with van der Waals surface area (Å²) in [5.41, 5.74) is 5.49. The van der Waals surface area contributed by atoms with Gasteiger partial charge in [-0.2, -0.15) is 5.10 Å². The van der Waals surface area contributed by atoms with E-state index in [1.807, 2.05) is 32.0 Å². The molecule has 2 rings (SSSR count). The first-order chi connectivity index (χ1) is 12.8. The van der Waals surface area contributed by atoms with Crippen LogP contribution in [0.15, 0.2) is 47.6 Å². The Morgan fingerprint density at radius 3 is 2.44 bits per heavy atom. The predicted molar refractivity (Wildman–Crippen MR) is 107 cm³/mol. The van der Waals surface area contributed by atoms with Gasteiger partial charge < -0.3 is 10.1 Å². The highest BCUT2D eigenvalue weighted by molar-refractivity contribution is 6.31. The number of carbonyl (C=O) groups excluding carboxylic acids is 2. The Balaban J connectivity index is 1.76. The van der Waals surface area contributed by atoms with Crippen LogP contribution >= 0.6 is 11.6 Å². The summed E-state index contributed by atoms with van der Waals surface area (Å²) in [6.45, 7) is 5.35.